The van der Waals surface area contributed by atoms with E-state index in [0.29, 0.717) is 11.5 Å². The Hall–Kier alpha value is -1.35. The van der Waals surface area contributed by atoms with E-state index in [1.807, 2.05) is 30.3 Å². The molecule has 2 aromatic carbocycles. The number of nitrogens with one attached hydrogen (secondary N) is 1. The number of carbonyl (C=O) groups excluding carboxylic acids is 1. The minimum atomic E-state index is -3.44. The third-order valence-electron chi connectivity index (χ3n) is 3.31. The Morgan fingerprint density at radius 3 is 2.48 bits per heavy atom. The molecule has 5 nitrogen and oxygen atoms in total. The molecule has 1 amide bonds. The second kappa shape index (κ2) is 8.84. The van der Waals surface area contributed by atoms with Crippen LogP contribution >= 0.6 is 27.7 Å². The summed E-state index contributed by atoms with van der Waals surface area (Å²) in [6.07, 6.45) is 0. The van der Waals surface area contributed by atoms with Crippen LogP contribution in [0.2, 0.25) is 0 Å². The first kappa shape index (κ1) is 20.0. The topological polar surface area (TPSA) is 66.5 Å². The number of hydrogen-bond acceptors (Lipinski definition) is 4. The molecule has 0 aromatic heterocycles. The molecule has 0 spiro atoms. The zero-order valence-electron chi connectivity index (χ0n) is 13.9. The van der Waals surface area contributed by atoms with Crippen molar-refractivity contribution < 1.29 is 13.2 Å². The number of nitrogens with zero attached hydrogens (tertiary/aromatic N) is 1. The van der Waals surface area contributed by atoms with Crippen LogP contribution in [0.5, 0.6) is 0 Å². The van der Waals surface area contributed by atoms with Crippen LogP contribution in [0.1, 0.15) is 5.56 Å². The third-order valence-corrected chi connectivity index (χ3v) is 6.65. The summed E-state index contributed by atoms with van der Waals surface area (Å²) in [4.78, 5) is 12.2. The van der Waals surface area contributed by atoms with Gasteiger partial charge in [-0.25, -0.2) is 12.7 Å². The normalized spacial score (nSPS) is 11.5. The van der Waals surface area contributed by atoms with E-state index in [2.05, 4.69) is 21.2 Å². The van der Waals surface area contributed by atoms with Crippen LogP contribution in [0.25, 0.3) is 0 Å². The maximum absolute atomic E-state index is 12.1. The van der Waals surface area contributed by atoms with Gasteiger partial charge in [-0.3, -0.25) is 4.79 Å². The molecule has 0 bridgehead atoms. The fourth-order valence-corrected chi connectivity index (χ4v) is 4.01. The van der Waals surface area contributed by atoms with E-state index in [9.17, 15) is 13.2 Å². The first-order chi connectivity index (χ1) is 11.8. The number of benzene rings is 2. The third kappa shape index (κ3) is 5.85. The molecule has 0 aliphatic carbocycles. The lowest BCUT2D eigenvalue weighted by atomic mass is 10.2. The van der Waals surface area contributed by atoms with Gasteiger partial charge in [-0.1, -0.05) is 28.1 Å². The summed E-state index contributed by atoms with van der Waals surface area (Å²) in [5, 5.41) is 2.82. The van der Waals surface area contributed by atoms with Crippen molar-refractivity contribution in [2.75, 3.05) is 25.2 Å². The van der Waals surface area contributed by atoms with Crippen molar-refractivity contribution in [2.24, 2.45) is 0 Å². The highest BCUT2D eigenvalue weighted by Gasteiger charge is 2.17. The summed E-state index contributed by atoms with van der Waals surface area (Å²) < 4.78 is 26.4. The van der Waals surface area contributed by atoms with Crippen LogP contribution in [-0.2, 0) is 20.6 Å². The van der Waals surface area contributed by atoms with Gasteiger partial charge < -0.3 is 5.32 Å². The molecule has 0 radical (unpaired) electrons. The summed E-state index contributed by atoms with van der Waals surface area (Å²) in [7, 11) is -0.438. The Morgan fingerprint density at radius 2 is 1.84 bits per heavy atom. The van der Waals surface area contributed by atoms with Crippen LogP contribution < -0.4 is 5.32 Å². The molecule has 8 heteroatoms. The van der Waals surface area contributed by atoms with E-state index in [0.717, 1.165) is 15.7 Å². The Labute approximate surface area is 161 Å². The quantitative estimate of drug-likeness (QED) is 0.711. The highest BCUT2D eigenvalue weighted by atomic mass is 79.9. The van der Waals surface area contributed by atoms with Crippen molar-refractivity contribution in [3.05, 3.63) is 58.6 Å². The standard InChI is InChI=1S/C17H19BrN2O3S2/c1-20(2)25(22,23)16-5-3-4-13(10-16)11-24-12-17(21)19-15-8-6-14(18)7-9-15/h3-10H,11-12H2,1-2H3,(H,19,21). The number of hydrogen-bond donors (Lipinski definition) is 1. The lowest BCUT2D eigenvalue weighted by Crippen LogP contribution is -2.22. The lowest BCUT2D eigenvalue weighted by Gasteiger charge is -2.12. The van der Waals surface area contributed by atoms with Gasteiger partial charge >= 0.3 is 0 Å². The van der Waals surface area contributed by atoms with Gasteiger partial charge in [0.05, 0.1) is 10.6 Å². The van der Waals surface area contributed by atoms with Gasteiger partial charge in [-0.2, -0.15) is 0 Å². The van der Waals surface area contributed by atoms with Crippen molar-refractivity contribution in [1.82, 2.24) is 4.31 Å². The Kier molecular flexibility index (Phi) is 7.06. The summed E-state index contributed by atoms with van der Waals surface area (Å²) in [5.74, 6) is 0.759. The summed E-state index contributed by atoms with van der Waals surface area (Å²) in [5.41, 5.74) is 1.61. The predicted octanol–water partition coefficient (Wildman–Crippen LogP) is 3.57. The molecular formula is C17H19BrN2O3S2. The molecule has 0 atom stereocenters. The van der Waals surface area contributed by atoms with Crippen LogP contribution in [0.3, 0.4) is 0 Å². The average Bonchev–Trinajstić information content (AvgIpc) is 2.57. The minimum absolute atomic E-state index is 0.0932. The molecule has 0 heterocycles. The molecule has 2 rings (SSSR count). The fourth-order valence-electron chi connectivity index (χ4n) is 2.00. The van der Waals surface area contributed by atoms with Crippen molar-refractivity contribution in [3.63, 3.8) is 0 Å². The highest BCUT2D eigenvalue weighted by Crippen LogP contribution is 2.19. The molecule has 0 aliphatic rings. The van der Waals surface area contributed by atoms with Crippen molar-refractivity contribution in [3.8, 4) is 0 Å². The van der Waals surface area contributed by atoms with E-state index in [4.69, 9.17) is 0 Å². The van der Waals surface area contributed by atoms with E-state index in [-0.39, 0.29) is 10.8 Å². The van der Waals surface area contributed by atoms with Crippen LogP contribution in [0.15, 0.2) is 57.9 Å². The van der Waals surface area contributed by atoms with Gasteiger partial charge in [0, 0.05) is 30.0 Å². The van der Waals surface area contributed by atoms with Gasteiger partial charge in [0.25, 0.3) is 0 Å². The van der Waals surface area contributed by atoms with Gasteiger partial charge in [0.1, 0.15) is 0 Å². The zero-order chi connectivity index (χ0) is 18.4. The van der Waals surface area contributed by atoms with Crippen LogP contribution in [0, 0.1) is 0 Å². The van der Waals surface area contributed by atoms with E-state index in [1.54, 1.807) is 18.2 Å². The second-order valence-electron chi connectivity index (χ2n) is 5.48. The predicted molar refractivity (Wildman–Crippen MR) is 106 cm³/mol. The van der Waals surface area contributed by atoms with Crippen LogP contribution in [-0.4, -0.2) is 38.5 Å². The molecule has 0 saturated carbocycles. The van der Waals surface area contributed by atoms with Gasteiger partial charge in [-0.05, 0) is 42.0 Å². The number of thioether (sulfide) groups is 1. The van der Waals surface area contributed by atoms with E-state index in [1.165, 1.54) is 30.2 Å². The molecular weight excluding hydrogens is 424 g/mol. The monoisotopic (exact) mass is 442 g/mol. The maximum atomic E-state index is 12.1. The largest absolute Gasteiger partial charge is 0.325 e. The molecule has 1 N–H and O–H groups in total. The molecule has 2 aromatic rings. The van der Waals surface area contributed by atoms with E-state index < -0.39 is 10.0 Å². The summed E-state index contributed by atoms with van der Waals surface area (Å²) in [6, 6.07) is 14.2. The van der Waals surface area contributed by atoms with Crippen LogP contribution in [0.4, 0.5) is 5.69 Å². The lowest BCUT2D eigenvalue weighted by molar-refractivity contribution is -0.113. The molecule has 0 fully saturated rings. The SMILES string of the molecule is CN(C)S(=O)(=O)c1cccc(CSCC(=O)Nc2ccc(Br)cc2)c1. The average molecular weight is 443 g/mol. The number of sulfonamides is 1. The summed E-state index contributed by atoms with van der Waals surface area (Å²) in [6.45, 7) is 0. The maximum Gasteiger partial charge on any atom is 0.242 e. The Balaban J connectivity index is 1.89. The molecule has 25 heavy (non-hydrogen) atoms. The number of rotatable bonds is 7. The first-order valence-electron chi connectivity index (χ1n) is 7.43. The minimum Gasteiger partial charge on any atom is -0.325 e. The Morgan fingerprint density at radius 1 is 1.16 bits per heavy atom. The number of carbonyl (C=O) groups is 1. The first-order valence-corrected chi connectivity index (χ1v) is 10.8. The molecule has 134 valence electrons. The Bertz CT molecular complexity index is 837. The highest BCUT2D eigenvalue weighted by molar-refractivity contribution is 9.10. The molecule has 0 unspecified atom stereocenters. The van der Waals surface area contributed by atoms with Crippen molar-refractivity contribution in [2.45, 2.75) is 10.6 Å². The zero-order valence-corrected chi connectivity index (χ0v) is 17.1. The smallest absolute Gasteiger partial charge is 0.242 e. The number of halogens is 1. The van der Waals surface area contributed by atoms with Gasteiger partial charge in [0.15, 0.2) is 0 Å². The summed E-state index contributed by atoms with van der Waals surface area (Å²) >= 11 is 4.78. The van der Waals surface area contributed by atoms with Crippen molar-refractivity contribution >= 4 is 49.3 Å². The molecule has 0 aliphatic heterocycles. The van der Waals surface area contributed by atoms with Gasteiger partial charge in [0.2, 0.25) is 15.9 Å². The van der Waals surface area contributed by atoms with Gasteiger partial charge in [-0.15, -0.1) is 11.8 Å². The van der Waals surface area contributed by atoms with E-state index >= 15 is 0 Å². The number of amides is 1. The fraction of sp³-hybridized carbons (Fsp3) is 0.235. The number of anilines is 1. The second-order valence-corrected chi connectivity index (χ2v) is 9.54. The molecule has 0 saturated heterocycles. The van der Waals surface area contributed by atoms with Crippen molar-refractivity contribution in [1.29, 1.82) is 0 Å².